The van der Waals surface area contributed by atoms with E-state index < -0.39 is 58.8 Å². The summed E-state index contributed by atoms with van der Waals surface area (Å²) in [6.45, 7) is -4.27. The summed E-state index contributed by atoms with van der Waals surface area (Å²) in [5.74, 6) is -2.92. The Kier molecular flexibility index (Phi) is 8.42. The molecule has 0 radical (unpaired) electrons. The zero-order valence-electron chi connectivity index (χ0n) is 17.1. The number of alkyl halides is 2. The van der Waals surface area contributed by atoms with Crippen molar-refractivity contribution in [2.45, 2.75) is 6.61 Å². The van der Waals surface area contributed by atoms with Gasteiger partial charge in [0.1, 0.15) is 11.3 Å². The van der Waals surface area contributed by atoms with Crippen molar-refractivity contribution in [2.24, 2.45) is 0 Å². The summed E-state index contributed by atoms with van der Waals surface area (Å²) in [6, 6.07) is 6.54. The number of carbonyl (C=O) groups is 3. The average molecular weight is 469 g/mol. The fourth-order valence-electron chi connectivity index (χ4n) is 2.42. The molecular weight excluding hydrogens is 452 g/mol. The standard InChI is InChI=1S/C19H17F2N3O9/c1-30-11-5-3-10(4-6-11)22-19(27)23-16(25)9-32-17(26)12-7-14(31-2)15(33-18(20)21)8-13(12)24(28)29/h3-8,18H,9H2,1-2H3,(H2,22,23,25,27). The van der Waals surface area contributed by atoms with E-state index in [-0.39, 0.29) is 0 Å². The number of nitrogens with one attached hydrogen (secondary N) is 2. The molecule has 0 aromatic heterocycles. The molecule has 0 fully saturated rings. The Balaban J connectivity index is 2.02. The highest BCUT2D eigenvalue weighted by atomic mass is 19.3. The first kappa shape index (κ1) is 24.8. The molecule has 0 aliphatic rings. The first-order chi connectivity index (χ1) is 15.6. The Bertz CT molecular complexity index is 1050. The van der Waals surface area contributed by atoms with Gasteiger partial charge in [0.2, 0.25) is 0 Å². The number of hydrogen-bond donors (Lipinski definition) is 2. The van der Waals surface area contributed by atoms with Crippen LogP contribution in [0.5, 0.6) is 17.2 Å². The maximum absolute atomic E-state index is 12.5. The summed E-state index contributed by atoms with van der Waals surface area (Å²) >= 11 is 0. The minimum absolute atomic E-state index is 0.340. The number of benzene rings is 2. The van der Waals surface area contributed by atoms with Gasteiger partial charge in [-0.2, -0.15) is 8.78 Å². The number of nitro groups is 1. The molecule has 176 valence electrons. The van der Waals surface area contributed by atoms with Gasteiger partial charge in [-0.25, -0.2) is 9.59 Å². The van der Waals surface area contributed by atoms with E-state index in [1.165, 1.54) is 19.2 Å². The first-order valence-corrected chi connectivity index (χ1v) is 8.87. The fraction of sp³-hybridized carbons (Fsp3) is 0.211. The molecule has 0 saturated carbocycles. The number of urea groups is 1. The number of nitro benzene ring substituents is 1. The highest BCUT2D eigenvalue weighted by Crippen LogP contribution is 2.36. The van der Waals surface area contributed by atoms with Crippen molar-refractivity contribution in [3.8, 4) is 17.2 Å². The van der Waals surface area contributed by atoms with Gasteiger partial charge < -0.3 is 24.3 Å². The van der Waals surface area contributed by atoms with Crippen LogP contribution in [0.15, 0.2) is 36.4 Å². The molecule has 0 bridgehead atoms. The number of halogens is 2. The molecule has 12 nitrogen and oxygen atoms in total. The zero-order valence-corrected chi connectivity index (χ0v) is 17.1. The molecule has 0 heterocycles. The van der Waals surface area contributed by atoms with Crippen molar-refractivity contribution in [3.63, 3.8) is 0 Å². The van der Waals surface area contributed by atoms with Crippen LogP contribution < -0.4 is 24.8 Å². The second-order valence-corrected chi connectivity index (χ2v) is 5.96. The molecule has 0 spiro atoms. The van der Waals surface area contributed by atoms with Gasteiger partial charge in [0.15, 0.2) is 18.1 Å². The van der Waals surface area contributed by atoms with Crippen molar-refractivity contribution in [1.29, 1.82) is 0 Å². The van der Waals surface area contributed by atoms with E-state index in [2.05, 4.69) is 14.8 Å². The molecule has 0 saturated heterocycles. The summed E-state index contributed by atoms with van der Waals surface area (Å²) < 4.78 is 43.6. The molecular formula is C19H17F2N3O9. The normalized spacial score (nSPS) is 10.2. The monoisotopic (exact) mass is 469 g/mol. The van der Waals surface area contributed by atoms with E-state index in [4.69, 9.17) is 9.47 Å². The number of nitrogens with zero attached hydrogens (tertiary/aromatic N) is 1. The first-order valence-electron chi connectivity index (χ1n) is 8.87. The van der Waals surface area contributed by atoms with Crippen LogP contribution in [-0.4, -0.2) is 50.3 Å². The summed E-state index contributed by atoms with van der Waals surface area (Å²) in [4.78, 5) is 46.2. The topological polar surface area (TPSA) is 155 Å². The SMILES string of the molecule is COc1ccc(NC(=O)NC(=O)COC(=O)c2cc(OC)c(OC(F)F)cc2[N+](=O)[O-])cc1. The minimum Gasteiger partial charge on any atom is -0.497 e. The Morgan fingerprint density at radius 2 is 1.73 bits per heavy atom. The van der Waals surface area contributed by atoms with E-state index in [1.807, 2.05) is 5.32 Å². The number of hydrogen-bond acceptors (Lipinski definition) is 9. The number of esters is 1. The summed E-state index contributed by atoms with van der Waals surface area (Å²) in [6.07, 6.45) is 0. The van der Waals surface area contributed by atoms with Gasteiger partial charge in [0, 0.05) is 11.8 Å². The average Bonchev–Trinajstić information content (AvgIpc) is 2.77. The lowest BCUT2D eigenvalue weighted by atomic mass is 10.1. The highest BCUT2D eigenvalue weighted by Gasteiger charge is 2.27. The lowest BCUT2D eigenvalue weighted by Gasteiger charge is -2.12. The van der Waals surface area contributed by atoms with Gasteiger partial charge in [-0.1, -0.05) is 0 Å². The predicted molar refractivity (Wildman–Crippen MR) is 107 cm³/mol. The third-order valence-electron chi connectivity index (χ3n) is 3.85. The van der Waals surface area contributed by atoms with Crippen molar-refractivity contribution in [3.05, 3.63) is 52.1 Å². The molecule has 2 N–H and O–H groups in total. The number of carbonyl (C=O) groups excluding carboxylic acids is 3. The molecule has 0 aliphatic heterocycles. The minimum atomic E-state index is -3.30. The second-order valence-electron chi connectivity index (χ2n) is 5.96. The quantitative estimate of drug-likeness (QED) is 0.320. The smallest absolute Gasteiger partial charge is 0.387 e. The molecule has 2 aromatic carbocycles. The van der Waals surface area contributed by atoms with Crippen LogP contribution in [0.2, 0.25) is 0 Å². The highest BCUT2D eigenvalue weighted by molar-refractivity contribution is 6.02. The molecule has 0 atom stereocenters. The van der Waals surface area contributed by atoms with Gasteiger partial charge >= 0.3 is 18.6 Å². The second kappa shape index (κ2) is 11.2. The Morgan fingerprint density at radius 3 is 2.27 bits per heavy atom. The maximum atomic E-state index is 12.5. The van der Waals surface area contributed by atoms with Gasteiger partial charge in [-0.15, -0.1) is 0 Å². The van der Waals surface area contributed by atoms with Crippen molar-refractivity contribution < 1.29 is 47.0 Å². The van der Waals surface area contributed by atoms with Crippen LogP contribution in [0.25, 0.3) is 0 Å². The predicted octanol–water partition coefficient (Wildman–Crippen LogP) is 2.72. The number of rotatable bonds is 9. The van der Waals surface area contributed by atoms with Crippen LogP contribution >= 0.6 is 0 Å². The summed E-state index contributed by atoms with van der Waals surface area (Å²) in [5.41, 5.74) is -1.27. The summed E-state index contributed by atoms with van der Waals surface area (Å²) in [5, 5.41) is 15.5. The molecule has 2 rings (SSSR count). The van der Waals surface area contributed by atoms with Crippen LogP contribution in [0.4, 0.5) is 25.0 Å². The number of methoxy groups -OCH3 is 2. The summed E-state index contributed by atoms with van der Waals surface area (Å²) in [7, 11) is 2.52. The molecule has 14 heteroatoms. The Morgan fingerprint density at radius 1 is 1.06 bits per heavy atom. The fourth-order valence-corrected chi connectivity index (χ4v) is 2.42. The van der Waals surface area contributed by atoms with Gasteiger partial charge in [0.25, 0.3) is 11.6 Å². The van der Waals surface area contributed by atoms with E-state index in [0.717, 1.165) is 13.2 Å². The van der Waals surface area contributed by atoms with E-state index in [1.54, 1.807) is 12.1 Å². The third kappa shape index (κ3) is 7.02. The van der Waals surface area contributed by atoms with Crippen LogP contribution in [0.1, 0.15) is 10.4 Å². The van der Waals surface area contributed by atoms with Crippen molar-refractivity contribution in [1.82, 2.24) is 5.32 Å². The zero-order chi connectivity index (χ0) is 24.5. The van der Waals surface area contributed by atoms with Crippen LogP contribution in [0, 0.1) is 10.1 Å². The Labute approximate surface area is 184 Å². The van der Waals surface area contributed by atoms with Crippen LogP contribution in [0.3, 0.4) is 0 Å². The number of imide groups is 1. The van der Waals surface area contributed by atoms with E-state index in [9.17, 15) is 33.3 Å². The number of ether oxygens (including phenoxy) is 4. The molecule has 0 aliphatic carbocycles. The molecule has 2 aromatic rings. The Hall–Kier alpha value is -4.49. The maximum Gasteiger partial charge on any atom is 0.387 e. The lowest BCUT2D eigenvalue weighted by Crippen LogP contribution is -2.37. The van der Waals surface area contributed by atoms with E-state index >= 15 is 0 Å². The molecule has 3 amide bonds. The lowest BCUT2D eigenvalue weighted by molar-refractivity contribution is -0.385. The van der Waals surface area contributed by atoms with Gasteiger partial charge in [0.05, 0.1) is 25.2 Å². The van der Waals surface area contributed by atoms with Crippen molar-refractivity contribution in [2.75, 3.05) is 26.1 Å². The number of anilines is 1. The van der Waals surface area contributed by atoms with Crippen LogP contribution in [-0.2, 0) is 9.53 Å². The van der Waals surface area contributed by atoms with E-state index in [0.29, 0.717) is 17.5 Å². The third-order valence-corrected chi connectivity index (χ3v) is 3.85. The molecule has 33 heavy (non-hydrogen) atoms. The van der Waals surface area contributed by atoms with Gasteiger partial charge in [-0.3, -0.25) is 20.2 Å². The van der Waals surface area contributed by atoms with Crippen molar-refractivity contribution >= 4 is 29.3 Å². The largest absolute Gasteiger partial charge is 0.497 e. The molecule has 0 unspecified atom stereocenters. The van der Waals surface area contributed by atoms with Gasteiger partial charge in [-0.05, 0) is 24.3 Å². The number of amides is 3.